The predicted molar refractivity (Wildman–Crippen MR) is 181 cm³/mol. The maximum Gasteiger partial charge on any atom is 0.343 e. The number of piperidine rings is 1. The van der Waals surface area contributed by atoms with Crippen LogP contribution in [0, 0.1) is 0 Å². The number of nitrogen functional groups attached to an aromatic ring is 2. The van der Waals surface area contributed by atoms with Crippen LogP contribution in [0.2, 0.25) is 5.15 Å². The first-order chi connectivity index (χ1) is 23.1. The smallest absolute Gasteiger partial charge is 0.343 e. The quantitative estimate of drug-likeness (QED) is 0.138. The van der Waals surface area contributed by atoms with Crippen molar-refractivity contribution in [3.05, 3.63) is 70.5 Å². The Morgan fingerprint density at radius 2 is 1.43 bits per heavy atom. The highest BCUT2D eigenvalue weighted by Gasteiger charge is 2.35. The van der Waals surface area contributed by atoms with Gasteiger partial charge in [-0.15, -0.1) is 0 Å². The highest BCUT2D eigenvalue weighted by atomic mass is 35.5. The summed E-state index contributed by atoms with van der Waals surface area (Å²) in [5.74, 6) is -0.168. The number of amides is 1. The molecule has 0 bridgehead atoms. The standard InChI is InChI=1S/C34H43ClN6O7.ClH/c1-45-28(42)21-47-26-13-3-8-23(18-26)10-5-15-41(16-6-11-24-9-4-14-27(19-24)48-22-29(43)46-2)17-7-12-25(20-41)38-34(44)30-32(36)40-33(37)31(35)39-30;/h3-4,8-9,13-14,18-19,25H,5-7,10-12,15-17,20-22H2,1-2H3,(H4-,36,37,38,40,44);1H. The lowest BCUT2D eigenvalue weighted by Crippen LogP contribution is -3.00. The van der Waals surface area contributed by atoms with Crippen LogP contribution in [0.15, 0.2) is 48.5 Å². The van der Waals surface area contributed by atoms with Crippen molar-refractivity contribution in [2.24, 2.45) is 0 Å². The number of methoxy groups -OCH3 is 2. The van der Waals surface area contributed by atoms with E-state index in [0.717, 1.165) is 80.3 Å². The van der Waals surface area contributed by atoms with Gasteiger partial charge in [-0.05, 0) is 61.1 Å². The van der Waals surface area contributed by atoms with E-state index in [1.807, 2.05) is 48.5 Å². The first kappa shape index (κ1) is 39.1. The van der Waals surface area contributed by atoms with Gasteiger partial charge in [0.1, 0.15) is 11.5 Å². The molecule has 1 saturated heterocycles. The number of carbonyl (C=O) groups excluding carboxylic acids is 3. The molecular weight excluding hydrogens is 675 g/mol. The number of hydrogen-bond donors (Lipinski definition) is 3. The Labute approximate surface area is 297 Å². The number of aromatic nitrogens is 2. The Balaban J connectivity index is 0.00000650. The summed E-state index contributed by atoms with van der Waals surface area (Å²) in [5, 5.41) is 3.05. The second-order valence-corrected chi connectivity index (χ2v) is 12.2. The molecule has 0 radical (unpaired) electrons. The molecule has 1 aliphatic rings. The van der Waals surface area contributed by atoms with E-state index in [1.165, 1.54) is 14.2 Å². The molecule has 1 aliphatic heterocycles. The lowest BCUT2D eigenvalue weighted by atomic mass is 9.99. The van der Waals surface area contributed by atoms with Gasteiger partial charge in [0.2, 0.25) is 0 Å². The van der Waals surface area contributed by atoms with Crippen LogP contribution in [-0.4, -0.2) is 92.0 Å². The van der Waals surface area contributed by atoms with E-state index in [9.17, 15) is 14.4 Å². The molecular formula is C34H44Cl2N6O7. The summed E-state index contributed by atoms with van der Waals surface area (Å²) < 4.78 is 21.3. The van der Waals surface area contributed by atoms with Crippen LogP contribution in [0.5, 0.6) is 11.5 Å². The normalized spacial score (nSPS) is 15.0. The molecule has 266 valence electrons. The molecule has 3 aromatic rings. The van der Waals surface area contributed by atoms with Gasteiger partial charge in [-0.2, -0.15) is 0 Å². The summed E-state index contributed by atoms with van der Waals surface area (Å²) in [7, 11) is 2.65. The highest BCUT2D eigenvalue weighted by Crippen LogP contribution is 2.25. The minimum absolute atomic E-state index is 0. The van der Waals surface area contributed by atoms with Crippen molar-refractivity contribution in [3.63, 3.8) is 0 Å². The fourth-order valence-corrected chi connectivity index (χ4v) is 6.17. The fraction of sp³-hybridized carbons (Fsp3) is 0.441. The Morgan fingerprint density at radius 1 is 0.878 bits per heavy atom. The van der Waals surface area contributed by atoms with E-state index in [0.29, 0.717) is 11.5 Å². The van der Waals surface area contributed by atoms with Crippen molar-refractivity contribution in [3.8, 4) is 11.5 Å². The third-order valence-corrected chi connectivity index (χ3v) is 8.69. The van der Waals surface area contributed by atoms with Crippen LogP contribution < -0.4 is 38.7 Å². The molecule has 2 heterocycles. The minimum Gasteiger partial charge on any atom is -1.00 e. The number of esters is 2. The van der Waals surface area contributed by atoms with Gasteiger partial charge in [-0.25, -0.2) is 19.6 Å². The van der Waals surface area contributed by atoms with Crippen LogP contribution >= 0.6 is 11.6 Å². The molecule has 5 N–H and O–H groups in total. The number of benzene rings is 2. The maximum atomic E-state index is 13.2. The molecule has 15 heteroatoms. The van der Waals surface area contributed by atoms with Crippen LogP contribution in [-0.2, 0) is 31.9 Å². The summed E-state index contributed by atoms with van der Waals surface area (Å²) in [6.07, 6.45) is 5.21. The van der Waals surface area contributed by atoms with Gasteiger partial charge in [0.05, 0.1) is 46.4 Å². The number of nitrogens with two attached hydrogens (primary N) is 2. The average Bonchev–Trinajstić information content (AvgIpc) is 3.08. The number of aryl methyl sites for hydroxylation is 2. The maximum absolute atomic E-state index is 13.2. The third-order valence-electron chi connectivity index (χ3n) is 8.41. The lowest BCUT2D eigenvalue weighted by molar-refractivity contribution is -0.933. The average molecular weight is 720 g/mol. The van der Waals surface area contributed by atoms with Gasteiger partial charge < -0.3 is 52.6 Å². The minimum atomic E-state index is -0.437. The number of ether oxygens (including phenoxy) is 4. The first-order valence-electron chi connectivity index (χ1n) is 15.9. The Kier molecular flexibility index (Phi) is 15.2. The molecule has 1 atom stereocenters. The van der Waals surface area contributed by atoms with Gasteiger partial charge in [0, 0.05) is 12.8 Å². The number of quaternary nitrogens is 1. The third kappa shape index (κ3) is 11.9. The largest absolute Gasteiger partial charge is 1.00 e. The van der Waals surface area contributed by atoms with Crippen molar-refractivity contribution in [1.29, 1.82) is 0 Å². The number of halogens is 2. The van der Waals surface area contributed by atoms with Gasteiger partial charge in [0.25, 0.3) is 5.91 Å². The second-order valence-electron chi connectivity index (χ2n) is 11.9. The predicted octanol–water partition coefficient (Wildman–Crippen LogP) is 0.377. The number of nitrogens with zero attached hydrogens (tertiary/aromatic N) is 3. The molecule has 0 spiro atoms. The van der Waals surface area contributed by atoms with Crippen molar-refractivity contribution >= 4 is 41.1 Å². The molecule has 1 unspecified atom stereocenters. The van der Waals surface area contributed by atoms with E-state index in [4.69, 9.17) is 32.5 Å². The zero-order chi connectivity index (χ0) is 34.5. The summed E-state index contributed by atoms with van der Waals surface area (Å²) in [4.78, 5) is 44.3. The van der Waals surface area contributed by atoms with Gasteiger partial charge in [-0.3, -0.25) is 4.79 Å². The SMILES string of the molecule is COC(=O)COc1cccc(CCC[N+]2(CCCc3cccc(OCC(=O)OC)c3)CCCC(NC(=O)c3nc(Cl)c(N)nc3N)C2)c1.[Cl-]. The number of likely N-dealkylation sites (tertiary alicyclic amines) is 1. The number of nitrogens with one attached hydrogen (secondary N) is 1. The van der Waals surface area contributed by atoms with Gasteiger partial charge in [-0.1, -0.05) is 35.9 Å². The molecule has 1 fully saturated rings. The van der Waals surface area contributed by atoms with Crippen molar-refractivity contribution in [2.75, 3.05) is 65.1 Å². The fourth-order valence-electron chi connectivity index (χ4n) is 6.04. The Hall–Kier alpha value is -4.33. The van der Waals surface area contributed by atoms with Crippen LogP contribution in [0.1, 0.15) is 47.3 Å². The summed E-state index contributed by atoms with van der Waals surface area (Å²) in [5.41, 5.74) is 13.8. The number of anilines is 2. The van der Waals surface area contributed by atoms with Crippen molar-refractivity contribution in [2.45, 2.75) is 44.6 Å². The number of rotatable bonds is 16. The van der Waals surface area contributed by atoms with Crippen LogP contribution in [0.4, 0.5) is 11.6 Å². The zero-order valence-electron chi connectivity index (χ0n) is 27.8. The van der Waals surface area contributed by atoms with E-state index in [1.54, 1.807) is 0 Å². The summed E-state index contributed by atoms with van der Waals surface area (Å²) >= 11 is 6.03. The molecule has 0 saturated carbocycles. The first-order valence-corrected chi connectivity index (χ1v) is 16.3. The molecule has 49 heavy (non-hydrogen) atoms. The van der Waals surface area contributed by atoms with Crippen LogP contribution in [0.25, 0.3) is 0 Å². The van der Waals surface area contributed by atoms with E-state index in [-0.39, 0.29) is 54.1 Å². The monoisotopic (exact) mass is 718 g/mol. The number of hydrogen-bond acceptors (Lipinski definition) is 11. The van der Waals surface area contributed by atoms with E-state index < -0.39 is 17.8 Å². The number of carbonyl (C=O) groups is 3. The molecule has 1 aromatic heterocycles. The zero-order valence-corrected chi connectivity index (χ0v) is 29.3. The summed E-state index contributed by atoms with van der Waals surface area (Å²) in [6.45, 7) is 3.23. The Bertz CT molecular complexity index is 1510. The highest BCUT2D eigenvalue weighted by molar-refractivity contribution is 6.31. The lowest BCUT2D eigenvalue weighted by Gasteiger charge is -2.45. The molecule has 1 amide bonds. The van der Waals surface area contributed by atoms with E-state index in [2.05, 4.69) is 24.8 Å². The second kappa shape index (κ2) is 19.0. The Morgan fingerprint density at radius 3 is 1.96 bits per heavy atom. The molecule has 0 aliphatic carbocycles. The van der Waals surface area contributed by atoms with E-state index >= 15 is 0 Å². The van der Waals surface area contributed by atoms with Crippen LogP contribution in [0.3, 0.4) is 0 Å². The topological polar surface area (TPSA) is 178 Å². The molecule has 2 aromatic carbocycles. The van der Waals surface area contributed by atoms with Crippen molar-refractivity contribution < 1.29 is 50.2 Å². The summed E-state index contributed by atoms with van der Waals surface area (Å²) in [6, 6.07) is 15.4. The molecule has 13 nitrogen and oxygen atoms in total. The molecule has 4 rings (SSSR count). The van der Waals surface area contributed by atoms with Crippen molar-refractivity contribution in [1.82, 2.24) is 15.3 Å². The van der Waals surface area contributed by atoms with Gasteiger partial charge >= 0.3 is 11.9 Å². The van der Waals surface area contributed by atoms with Gasteiger partial charge in [0.15, 0.2) is 35.7 Å².